The Morgan fingerprint density at radius 3 is 2.33 bits per heavy atom. The van der Waals surface area contributed by atoms with Gasteiger partial charge >= 0.3 is 0 Å². The van der Waals surface area contributed by atoms with Gasteiger partial charge in [-0.25, -0.2) is 0 Å². The van der Waals surface area contributed by atoms with Crippen LogP contribution in [0, 0.1) is 10.5 Å². The average molecular weight is 350 g/mol. The summed E-state index contributed by atoms with van der Waals surface area (Å²) in [6.07, 6.45) is 1.04. The molecule has 1 nitrogen and oxygen atoms in total. The molecule has 18 heavy (non-hydrogen) atoms. The van der Waals surface area contributed by atoms with E-state index in [0.717, 1.165) is 11.1 Å². The minimum Gasteiger partial charge on any atom is -0.299 e. The van der Waals surface area contributed by atoms with Crippen LogP contribution in [0.5, 0.6) is 0 Å². The number of hydrogen-bond acceptors (Lipinski definition) is 1. The highest BCUT2D eigenvalue weighted by Gasteiger charge is 2.05. The first-order valence-electron chi connectivity index (χ1n) is 5.95. The molecule has 0 saturated heterocycles. The topological polar surface area (TPSA) is 17.1 Å². The van der Waals surface area contributed by atoms with E-state index in [0.29, 0.717) is 12.8 Å². The Bertz CT molecular complexity index is 543. The van der Waals surface area contributed by atoms with E-state index in [-0.39, 0.29) is 5.78 Å². The van der Waals surface area contributed by atoms with E-state index in [1.54, 1.807) is 0 Å². The molecule has 0 fully saturated rings. The van der Waals surface area contributed by atoms with E-state index in [1.807, 2.05) is 49.4 Å². The highest BCUT2D eigenvalue weighted by Crippen LogP contribution is 2.10. The minimum atomic E-state index is 0.266. The van der Waals surface area contributed by atoms with Gasteiger partial charge in [-0.2, -0.15) is 0 Å². The number of ketones is 1. The highest BCUT2D eigenvalue weighted by molar-refractivity contribution is 14.1. The van der Waals surface area contributed by atoms with E-state index < -0.39 is 0 Å². The molecular formula is C16H15IO. The summed E-state index contributed by atoms with van der Waals surface area (Å²) in [5.74, 6) is 0.266. The fourth-order valence-electron chi connectivity index (χ4n) is 1.94. The smallest absolute Gasteiger partial charge is 0.141 e. The average Bonchev–Trinajstić information content (AvgIpc) is 2.32. The maximum atomic E-state index is 12.0. The molecule has 2 aromatic rings. The zero-order chi connectivity index (χ0) is 13.0. The largest absolute Gasteiger partial charge is 0.299 e. The van der Waals surface area contributed by atoms with Crippen molar-refractivity contribution < 1.29 is 4.79 Å². The molecule has 0 bridgehead atoms. The number of carbonyl (C=O) groups excluding carboxylic acids is 1. The predicted octanol–water partition coefficient (Wildman–Crippen LogP) is 3.95. The summed E-state index contributed by atoms with van der Waals surface area (Å²) < 4.78 is 1.20. The second-order valence-electron chi connectivity index (χ2n) is 4.51. The van der Waals surface area contributed by atoms with Crippen molar-refractivity contribution in [3.8, 4) is 0 Å². The zero-order valence-corrected chi connectivity index (χ0v) is 12.5. The van der Waals surface area contributed by atoms with Crippen molar-refractivity contribution in [2.75, 3.05) is 0 Å². The van der Waals surface area contributed by atoms with Gasteiger partial charge in [0.25, 0.3) is 0 Å². The third kappa shape index (κ3) is 3.95. The van der Waals surface area contributed by atoms with Crippen LogP contribution in [-0.4, -0.2) is 5.78 Å². The molecule has 0 amide bonds. The molecule has 2 aromatic carbocycles. The quantitative estimate of drug-likeness (QED) is 0.763. The Balaban J connectivity index is 1.98. The van der Waals surface area contributed by atoms with Crippen LogP contribution in [0.1, 0.15) is 16.7 Å². The van der Waals surface area contributed by atoms with Gasteiger partial charge in [-0.05, 0) is 52.8 Å². The summed E-state index contributed by atoms with van der Waals surface area (Å²) in [5, 5.41) is 0. The van der Waals surface area contributed by atoms with Crippen LogP contribution < -0.4 is 0 Å². The van der Waals surface area contributed by atoms with Crippen molar-refractivity contribution >= 4 is 28.4 Å². The SMILES string of the molecule is Cc1cccc(CC(=O)Cc2ccc(I)cc2)c1. The third-order valence-electron chi connectivity index (χ3n) is 2.80. The lowest BCUT2D eigenvalue weighted by Gasteiger charge is -2.03. The van der Waals surface area contributed by atoms with E-state index >= 15 is 0 Å². The second kappa shape index (κ2) is 6.14. The van der Waals surface area contributed by atoms with E-state index in [4.69, 9.17) is 0 Å². The third-order valence-corrected chi connectivity index (χ3v) is 3.52. The summed E-state index contributed by atoms with van der Waals surface area (Å²) in [5.41, 5.74) is 3.40. The first-order valence-corrected chi connectivity index (χ1v) is 7.03. The molecule has 0 aliphatic heterocycles. The number of carbonyl (C=O) groups is 1. The van der Waals surface area contributed by atoms with Crippen LogP contribution in [0.4, 0.5) is 0 Å². The number of aryl methyl sites for hydroxylation is 1. The second-order valence-corrected chi connectivity index (χ2v) is 5.75. The van der Waals surface area contributed by atoms with Crippen molar-refractivity contribution in [1.82, 2.24) is 0 Å². The van der Waals surface area contributed by atoms with Crippen molar-refractivity contribution in [2.24, 2.45) is 0 Å². The van der Waals surface area contributed by atoms with Gasteiger partial charge in [-0.1, -0.05) is 42.0 Å². The minimum absolute atomic E-state index is 0.266. The maximum absolute atomic E-state index is 12.0. The normalized spacial score (nSPS) is 10.3. The molecular weight excluding hydrogens is 335 g/mol. The zero-order valence-electron chi connectivity index (χ0n) is 10.3. The fraction of sp³-hybridized carbons (Fsp3) is 0.188. The van der Waals surface area contributed by atoms with Gasteiger partial charge in [0.1, 0.15) is 5.78 Å². The molecule has 0 saturated carbocycles. The number of hydrogen-bond donors (Lipinski definition) is 0. The maximum Gasteiger partial charge on any atom is 0.141 e. The molecule has 0 aliphatic rings. The highest BCUT2D eigenvalue weighted by atomic mass is 127. The summed E-state index contributed by atoms with van der Waals surface area (Å²) in [6.45, 7) is 2.05. The van der Waals surface area contributed by atoms with Crippen molar-refractivity contribution in [2.45, 2.75) is 19.8 Å². The summed E-state index contributed by atoms with van der Waals surface area (Å²) >= 11 is 2.27. The Morgan fingerprint density at radius 1 is 1.00 bits per heavy atom. The molecule has 2 heteroatoms. The number of Topliss-reactive ketones (excluding diaryl/α,β-unsaturated/α-hetero) is 1. The van der Waals surface area contributed by atoms with Gasteiger partial charge in [-0.15, -0.1) is 0 Å². The summed E-state index contributed by atoms with van der Waals surface area (Å²) in [4.78, 5) is 12.0. The van der Waals surface area contributed by atoms with E-state index in [2.05, 4.69) is 28.7 Å². The predicted molar refractivity (Wildman–Crippen MR) is 82.8 cm³/mol. The Labute approximate surface area is 121 Å². The lowest BCUT2D eigenvalue weighted by Crippen LogP contribution is -2.06. The van der Waals surface area contributed by atoms with Gasteiger partial charge < -0.3 is 0 Å². The Hall–Kier alpha value is -1.16. The van der Waals surface area contributed by atoms with E-state index in [9.17, 15) is 4.79 Å². The molecule has 0 aliphatic carbocycles. The van der Waals surface area contributed by atoms with Crippen molar-refractivity contribution in [1.29, 1.82) is 0 Å². The van der Waals surface area contributed by atoms with Crippen LogP contribution >= 0.6 is 22.6 Å². The molecule has 0 atom stereocenters. The van der Waals surface area contributed by atoms with Crippen LogP contribution in [0.25, 0.3) is 0 Å². The molecule has 0 N–H and O–H groups in total. The van der Waals surface area contributed by atoms with Crippen molar-refractivity contribution in [3.05, 3.63) is 68.8 Å². The Morgan fingerprint density at radius 2 is 1.67 bits per heavy atom. The first-order chi connectivity index (χ1) is 8.63. The molecule has 2 rings (SSSR count). The molecule has 0 spiro atoms. The molecule has 0 aromatic heterocycles. The monoisotopic (exact) mass is 350 g/mol. The van der Waals surface area contributed by atoms with Crippen LogP contribution in [0.15, 0.2) is 48.5 Å². The standard InChI is InChI=1S/C16H15IO/c1-12-3-2-4-14(9-12)11-16(18)10-13-5-7-15(17)8-6-13/h2-9H,10-11H2,1H3. The van der Waals surface area contributed by atoms with Crippen LogP contribution in [-0.2, 0) is 17.6 Å². The van der Waals surface area contributed by atoms with Gasteiger partial charge in [-0.3, -0.25) is 4.79 Å². The van der Waals surface area contributed by atoms with Gasteiger partial charge in [0.05, 0.1) is 0 Å². The number of benzene rings is 2. The lowest BCUT2D eigenvalue weighted by molar-refractivity contribution is -0.117. The van der Waals surface area contributed by atoms with Crippen molar-refractivity contribution in [3.63, 3.8) is 0 Å². The molecule has 0 unspecified atom stereocenters. The molecule has 92 valence electrons. The Kier molecular flexibility index (Phi) is 4.53. The summed E-state index contributed by atoms with van der Waals surface area (Å²) in [6, 6.07) is 16.3. The van der Waals surface area contributed by atoms with Crippen LogP contribution in [0.2, 0.25) is 0 Å². The van der Waals surface area contributed by atoms with Gasteiger partial charge in [0, 0.05) is 16.4 Å². The molecule has 0 radical (unpaired) electrons. The van der Waals surface area contributed by atoms with Gasteiger partial charge in [0.2, 0.25) is 0 Å². The van der Waals surface area contributed by atoms with E-state index in [1.165, 1.54) is 9.13 Å². The van der Waals surface area contributed by atoms with Gasteiger partial charge in [0.15, 0.2) is 0 Å². The van der Waals surface area contributed by atoms with Crippen LogP contribution in [0.3, 0.4) is 0 Å². The molecule has 0 heterocycles. The summed E-state index contributed by atoms with van der Waals surface area (Å²) in [7, 11) is 0. The first kappa shape index (κ1) is 13.3. The fourth-order valence-corrected chi connectivity index (χ4v) is 2.30. The number of rotatable bonds is 4. The number of halogens is 1. The lowest BCUT2D eigenvalue weighted by atomic mass is 10.0.